The van der Waals surface area contributed by atoms with Crippen molar-refractivity contribution in [1.82, 2.24) is 5.32 Å². The van der Waals surface area contributed by atoms with Crippen LogP contribution in [0, 0.1) is 5.92 Å². The summed E-state index contributed by atoms with van der Waals surface area (Å²) in [6.07, 6.45) is 1.18. The van der Waals surface area contributed by atoms with Gasteiger partial charge in [0, 0.05) is 19.2 Å². The lowest BCUT2D eigenvalue weighted by Crippen LogP contribution is -2.33. The van der Waals surface area contributed by atoms with Gasteiger partial charge in [0.25, 0.3) is 0 Å². The summed E-state index contributed by atoms with van der Waals surface area (Å²) in [5.41, 5.74) is 1.29. The quantitative estimate of drug-likeness (QED) is 0.848. The van der Waals surface area contributed by atoms with Crippen LogP contribution in [0.25, 0.3) is 0 Å². The SMILES string of the molecule is COc1ccc(CNC(C)C2CCOC2)cc1. The molecular weight excluding hydrogens is 214 g/mol. The summed E-state index contributed by atoms with van der Waals surface area (Å²) in [4.78, 5) is 0. The molecule has 2 unspecified atom stereocenters. The number of benzene rings is 1. The van der Waals surface area contributed by atoms with Crippen LogP contribution in [-0.2, 0) is 11.3 Å². The van der Waals surface area contributed by atoms with E-state index in [4.69, 9.17) is 9.47 Å². The zero-order valence-corrected chi connectivity index (χ0v) is 10.6. The third kappa shape index (κ3) is 3.45. The average Bonchev–Trinajstić information content (AvgIpc) is 2.90. The molecule has 1 heterocycles. The van der Waals surface area contributed by atoms with Gasteiger partial charge in [0.05, 0.1) is 13.7 Å². The molecule has 17 heavy (non-hydrogen) atoms. The van der Waals surface area contributed by atoms with Crippen LogP contribution in [0.15, 0.2) is 24.3 Å². The first-order valence-corrected chi connectivity index (χ1v) is 6.23. The van der Waals surface area contributed by atoms with E-state index in [1.807, 2.05) is 12.1 Å². The van der Waals surface area contributed by atoms with Gasteiger partial charge in [0.2, 0.25) is 0 Å². The molecule has 0 bridgehead atoms. The number of hydrogen-bond donors (Lipinski definition) is 1. The number of hydrogen-bond acceptors (Lipinski definition) is 3. The standard InChI is InChI=1S/C14H21NO2/c1-11(13-7-8-17-10-13)15-9-12-3-5-14(16-2)6-4-12/h3-6,11,13,15H,7-10H2,1-2H3. The van der Waals surface area contributed by atoms with E-state index in [2.05, 4.69) is 24.4 Å². The summed E-state index contributed by atoms with van der Waals surface area (Å²) in [7, 11) is 1.69. The van der Waals surface area contributed by atoms with E-state index < -0.39 is 0 Å². The van der Waals surface area contributed by atoms with Gasteiger partial charge < -0.3 is 14.8 Å². The Balaban J connectivity index is 1.80. The minimum atomic E-state index is 0.514. The minimum absolute atomic E-state index is 0.514. The number of rotatable bonds is 5. The van der Waals surface area contributed by atoms with Crippen molar-refractivity contribution < 1.29 is 9.47 Å². The van der Waals surface area contributed by atoms with E-state index in [0.717, 1.165) is 25.5 Å². The van der Waals surface area contributed by atoms with Crippen LogP contribution in [0.5, 0.6) is 5.75 Å². The van der Waals surface area contributed by atoms with Crippen LogP contribution in [0.4, 0.5) is 0 Å². The maximum Gasteiger partial charge on any atom is 0.118 e. The zero-order valence-electron chi connectivity index (χ0n) is 10.6. The molecule has 0 radical (unpaired) electrons. The van der Waals surface area contributed by atoms with Gasteiger partial charge >= 0.3 is 0 Å². The molecule has 0 spiro atoms. The molecule has 1 aromatic carbocycles. The fourth-order valence-electron chi connectivity index (χ4n) is 2.14. The third-order valence-electron chi connectivity index (χ3n) is 3.46. The van der Waals surface area contributed by atoms with Crippen molar-refractivity contribution in [1.29, 1.82) is 0 Å². The van der Waals surface area contributed by atoms with Crippen LogP contribution >= 0.6 is 0 Å². The summed E-state index contributed by atoms with van der Waals surface area (Å²) in [5, 5.41) is 3.56. The maximum atomic E-state index is 5.40. The Kier molecular flexibility index (Phi) is 4.40. The first kappa shape index (κ1) is 12.4. The highest BCUT2D eigenvalue weighted by atomic mass is 16.5. The molecule has 1 aliphatic rings. The largest absolute Gasteiger partial charge is 0.497 e. The van der Waals surface area contributed by atoms with Crippen LogP contribution in [-0.4, -0.2) is 26.4 Å². The molecule has 3 nitrogen and oxygen atoms in total. The summed E-state index contributed by atoms with van der Waals surface area (Å²) < 4.78 is 10.5. The molecule has 0 aliphatic carbocycles. The maximum absolute atomic E-state index is 5.40. The molecule has 1 aliphatic heterocycles. The van der Waals surface area contributed by atoms with Gasteiger partial charge in [-0.15, -0.1) is 0 Å². The lowest BCUT2D eigenvalue weighted by atomic mass is 10.0. The summed E-state index contributed by atoms with van der Waals surface area (Å²) in [5.74, 6) is 1.57. The Labute approximate surface area is 103 Å². The molecule has 1 N–H and O–H groups in total. The van der Waals surface area contributed by atoms with E-state index in [1.54, 1.807) is 7.11 Å². The van der Waals surface area contributed by atoms with Crippen molar-refractivity contribution in [3.05, 3.63) is 29.8 Å². The van der Waals surface area contributed by atoms with Crippen molar-refractivity contribution in [3.63, 3.8) is 0 Å². The van der Waals surface area contributed by atoms with Gasteiger partial charge in [-0.3, -0.25) is 0 Å². The van der Waals surface area contributed by atoms with Crippen LogP contribution in [0.1, 0.15) is 18.9 Å². The molecule has 2 atom stereocenters. The number of ether oxygens (including phenoxy) is 2. The highest BCUT2D eigenvalue weighted by Crippen LogP contribution is 2.17. The molecular formula is C14H21NO2. The second-order valence-electron chi connectivity index (χ2n) is 4.64. The molecule has 0 amide bonds. The van der Waals surface area contributed by atoms with Crippen molar-refractivity contribution in [2.24, 2.45) is 5.92 Å². The third-order valence-corrected chi connectivity index (χ3v) is 3.46. The molecule has 3 heteroatoms. The Morgan fingerprint density at radius 2 is 2.18 bits per heavy atom. The Morgan fingerprint density at radius 3 is 2.76 bits per heavy atom. The number of methoxy groups -OCH3 is 1. The Bertz CT molecular complexity index is 331. The summed E-state index contributed by atoms with van der Waals surface area (Å²) in [6, 6.07) is 8.72. The van der Waals surface area contributed by atoms with Crippen LogP contribution in [0.3, 0.4) is 0 Å². The zero-order chi connectivity index (χ0) is 12.1. The fraction of sp³-hybridized carbons (Fsp3) is 0.571. The Morgan fingerprint density at radius 1 is 1.41 bits per heavy atom. The molecule has 0 saturated carbocycles. The summed E-state index contributed by atoms with van der Waals surface area (Å²) in [6.45, 7) is 4.96. The predicted octanol–water partition coefficient (Wildman–Crippen LogP) is 2.21. The summed E-state index contributed by atoms with van der Waals surface area (Å²) >= 11 is 0. The minimum Gasteiger partial charge on any atom is -0.497 e. The van der Waals surface area contributed by atoms with Gasteiger partial charge in [-0.2, -0.15) is 0 Å². The van der Waals surface area contributed by atoms with Crippen molar-refractivity contribution in [2.75, 3.05) is 20.3 Å². The van der Waals surface area contributed by atoms with Gasteiger partial charge in [-0.05, 0) is 37.0 Å². The fourth-order valence-corrected chi connectivity index (χ4v) is 2.14. The predicted molar refractivity (Wildman–Crippen MR) is 68.2 cm³/mol. The lowest BCUT2D eigenvalue weighted by Gasteiger charge is -2.19. The van der Waals surface area contributed by atoms with E-state index >= 15 is 0 Å². The molecule has 1 aromatic rings. The van der Waals surface area contributed by atoms with Gasteiger partial charge in [-0.25, -0.2) is 0 Å². The van der Waals surface area contributed by atoms with E-state index in [0.29, 0.717) is 12.0 Å². The average molecular weight is 235 g/mol. The van der Waals surface area contributed by atoms with Gasteiger partial charge in [0.1, 0.15) is 5.75 Å². The molecule has 1 fully saturated rings. The smallest absolute Gasteiger partial charge is 0.118 e. The van der Waals surface area contributed by atoms with Gasteiger partial charge in [0.15, 0.2) is 0 Å². The molecule has 94 valence electrons. The molecule has 0 aromatic heterocycles. The topological polar surface area (TPSA) is 30.5 Å². The second-order valence-corrected chi connectivity index (χ2v) is 4.64. The second kappa shape index (κ2) is 6.03. The monoisotopic (exact) mass is 235 g/mol. The first-order valence-electron chi connectivity index (χ1n) is 6.23. The van der Waals surface area contributed by atoms with Crippen molar-refractivity contribution >= 4 is 0 Å². The normalized spacial score (nSPS) is 21.4. The first-order chi connectivity index (χ1) is 8.29. The van der Waals surface area contributed by atoms with Gasteiger partial charge in [-0.1, -0.05) is 12.1 Å². The van der Waals surface area contributed by atoms with Crippen molar-refractivity contribution in [2.45, 2.75) is 25.9 Å². The highest BCUT2D eigenvalue weighted by molar-refractivity contribution is 5.27. The van der Waals surface area contributed by atoms with Crippen LogP contribution < -0.4 is 10.1 Å². The van der Waals surface area contributed by atoms with E-state index in [9.17, 15) is 0 Å². The van der Waals surface area contributed by atoms with Crippen LogP contribution in [0.2, 0.25) is 0 Å². The highest BCUT2D eigenvalue weighted by Gasteiger charge is 2.21. The van der Waals surface area contributed by atoms with E-state index in [1.165, 1.54) is 12.0 Å². The molecule has 1 saturated heterocycles. The number of nitrogens with one attached hydrogen (secondary N) is 1. The Hall–Kier alpha value is -1.06. The molecule has 2 rings (SSSR count). The van der Waals surface area contributed by atoms with E-state index in [-0.39, 0.29) is 0 Å². The van der Waals surface area contributed by atoms with Crippen molar-refractivity contribution in [3.8, 4) is 5.75 Å². The lowest BCUT2D eigenvalue weighted by molar-refractivity contribution is 0.178.